The molecular weight excluding hydrogens is 304 g/mol. The summed E-state index contributed by atoms with van der Waals surface area (Å²) in [6.07, 6.45) is 2.83. The first-order valence-corrected chi connectivity index (χ1v) is 7.38. The zero-order valence-corrected chi connectivity index (χ0v) is 13.1. The van der Waals surface area contributed by atoms with Crippen molar-refractivity contribution in [3.8, 4) is 0 Å². The number of hydroxylamine groups is 2. The van der Waals surface area contributed by atoms with E-state index in [0.29, 0.717) is 24.3 Å². The predicted molar refractivity (Wildman–Crippen MR) is 78.2 cm³/mol. The van der Waals surface area contributed by atoms with Crippen molar-refractivity contribution < 1.29 is 28.8 Å². The molecule has 1 aliphatic rings. The van der Waals surface area contributed by atoms with Gasteiger partial charge in [-0.05, 0) is 18.9 Å². The normalized spacial score (nSPS) is 13.9. The van der Waals surface area contributed by atoms with Crippen LogP contribution in [-0.4, -0.2) is 46.1 Å². The highest BCUT2D eigenvalue weighted by molar-refractivity contribution is 6.01. The Hall–Kier alpha value is -2.51. The molecule has 0 N–H and O–H groups in total. The van der Waals surface area contributed by atoms with Crippen LogP contribution in [0.25, 0.3) is 0 Å². The monoisotopic (exact) mass is 324 g/mol. The summed E-state index contributed by atoms with van der Waals surface area (Å²) in [5, 5.41) is 0.516. The van der Waals surface area contributed by atoms with Crippen LogP contribution in [0.5, 0.6) is 0 Å². The first-order chi connectivity index (χ1) is 10.9. The van der Waals surface area contributed by atoms with E-state index in [2.05, 4.69) is 6.58 Å². The van der Waals surface area contributed by atoms with Crippen LogP contribution in [0.4, 0.5) is 0 Å². The molecule has 0 unspecified atom stereocenters. The van der Waals surface area contributed by atoms with Gasteiger partial charge in [0.1, 0.15) is 0 Å². The molecule has 1 rings (SSSR count). The largest absolute Gasteiger partial charge is 0.333 e. The zero-order valence-electron chi connectivity index (χ0n) is 13.1. The van der Waals surface area contributed by atoms with Gasteiger partial charge >= 0.3 is 5.97 Å². The Kier molecular flexibility index (Phi) is 7.11. The van der Waals surface area contributed by atoms with Gasteiger partial charge in [-0.1, -0.05) is 13.0 Å². The number of imide groups is 2. The van der Waals surface area contributed by atoms with Gasteiger partial charge in [0.2, 0.25) is 5.91 Å². The molecule has 4 amide bonds. The second kappa shape index (κ2) is 8.82. The molecule has 0 aromatic rings. The van der Waals surface area contributed by atoms with Gasteiger partial charge in [-0.15, -0.1) is 5.06 Å². The van der Waals surface area contributed by atoms with E-state index < -0.39 is 23.7 Å². The van der Waals surface area contributed by atoms with Crippen molar-refractivity contribution in [2.45, 2.75) is 45.4 Å². The van der Waals surface area contributed by atoms with Crippen molar-refractivity contribution in [1.29, 1.82) is 0 Å². The minimum Gasteiger partial charge on any atom is -0.330 e. The summed E-state index contributed by atoms with van der Waals surface area (Å²) >= 11 is 0. The molecule has 0 atom stereocenters. The third-order valence-electron chi connectivity index (χ3n) is 3.28. The van der Waals surface area contributed by atoms with E-state index in [4.69, 9.17) is 4.84 Å². The van der Waals surface area contributed by atoms with Gasteiger partial charge in [0.25, 0.3) is 17.7 Å². The maximum Gasteiger partial charge on any atom is 0.333 e. The number of hydrogen-bond acceptors (Lipinski definition) is 6. The van der Waals surface area contributed by atoms with Gasteiger partial charge in [0, 0.05) is 32.7 Å². The van der Waals surface area contributed by atoms with Crippen LogP contribution < -0.4 is 0 Å². The van der Waals surface area contributed by atoms with Gasteiger partial charge < -0.3 is 4.84 Å². The minimum atomic E-state index is -0.654. The topological polar surface area (TPSA) is 101 Å². The van der Waals surface area contributed by atoms with Gasteiger partial charge in [-0.2, -0.15) is 0 Å². The molecule has 8 heteroatoms. The second-order valence-corrected chi connectivity index (χ2v) is 5.07. The number of hydrogen-bond donors (Lipinski definition) is 0. The molecule has 0 saturated carbocycles. The molecule has 23 heavy (non-hydrogen) atoms. The van der Waals surface area contributed by atoms with Crippen LogP contribution in [0.1, 0.15) is 45.4 Å². The summed E-state index contributed by atoms with van der Waals surface area (Å²) in [6, 6.07) is 0. The van der Waals surface area contributed by atoms with E-state index in [0.717, 1.165) is 11.0 Å². The fourth-order valence-corrected chi connectivity index (χ4v) is 2.05. The summed E-state index contributed by atoms with van der Waals surface area (Å²) < 4.78 is 0. The molecule has 8 nitrogen and oxygen atoms in total. The molecule has 1 aliphatic heterocycles. The second-order valence-electron chi connectivity index (χ2n) is 5.07. The molecule has 0 radical (unpaired) electrons. The molecule has 0 aromatic carbocycles. The molecule has 1 heterocycles. The first-order valence-electron chi connectivity index (χ1n) is 7.38. The average molecular weight is 324 g/mol. The number of nitrogens with zero attached hydrogens (tertiary/aromatic N) is 2. The van der Waals surface area contributed by atoms with Crippen LogP contribution in [0.15, 0.2) is 12.7 Å². The zero-order chi connectivity index (χ0) is 17.4. The highest BCUT2D eigenvalue weighted by Gasteiger charge is 2.32. The standard InChI is InChI=1S/C15H20N2O6/c1-3-12(19)16(11(2)18)10-6-4-5-7-15(22)23-17-13(20)8-9-14(17)21/h3H,1,4-10H2,2H3. The van der Waals surface area contributed by atoms with Crippen LogP contribution in [0.3, 0.4) is 0 Å². The molecule has 1 saturated heterocycles. The van der Waals surface area contributed by atoms with E-state index in [1.807, 2.05) is 0 Å². The SMILES string of the molecule is C=CC(=O)N(CCCCCC(=O)ON1C(=O)CCC1=O)C(C)=O. The van der Waals surface area contributed by atoms with Gasteiger partial charge in [-0.3, -0.25) is 24.1 Å². The number of rotatable bonds is 8. The molecular formula is C15H20N2O6. The van der Waals surface area contributed by atoms with Gasteiger partial charge in [0.15, 0.2) is 0 Å². The summed E-state index contributed by atoms with van der Waals surface area (Å²) in [6.45, 7) is 4.87. The fourth-order valence-electron chi connectivity index (χ4n) is 2.05. The van der Waals surface area contributed by atoms with E-state index in [1.54, 1.807) is 0 Å². The molecule has 1 fully saturated rings. The van der Waals surface area contributed by atoms with Crippen molar-refractivity contribution >= 4 is 29.6 Å². The highest BCUT2D eigenvalue weighted by atomic mass is 16.7. The Morgan fingerprint density at radius 2 is 1.78 bits per heavy atom. The van der Waals surface area contributed by atoms with Crippen molar-refractivity contribution in [3.63, 3.8) is 0 Å². The van der Waals surface area contributed by atoms with Crippen LogP contribution in [0, 0.1) is 0 Å². The summed E-state index contributed by atoms with van der Waals surface area (Å²) in [5.41, 5.74) is 0. The number of amides is 4. The maximum atomic E-state index is 11.5. The van der Waals surface area contributed by atoms with E-state index >= 15 is 0 Å². The summed E-state index contributed by atoms with van der Waals surface area (Å²) in [5.74, 6) is -2.49. The number of unbranched alkanes of at least 4 members (excludes halogenated alkanes) is 2. The molecule has 0 aliphatic carbocycles. The van der Waals surface area contributed by atoms with Crippen LogP contribution in [-0.2, 0) is 28.8 Å². The Balaban J connectivity index is 2.24. The predicted octanol–water partition coefficient (Wildman–Crippen LogP) is 0.715. The molecule has 0 aromatic heterocycles. The van der Waals surface area contributed by atoms with E-state index in [-0.39, 0.29) is 31.7 Å². The van der Waals surface area contributed by atoms with Crippen molar-refractivity contribution in [3.05, 3.63) is 12.7 Å². The lowest BCUT2D eigenvalue weighted by Crippen LogP contribution is -2.34. The Labute approximate surface area is 134 Å². The Morgan fingerprint density at radius 3 is 2.30 bits per heavy atom. The fraction of sp³-hybridized carbons (Fsp3) is 0.533. The third kappa shape index (κ3) is 5.65. The minimum absolute atomic E-state index is 0.0482. The number of carbonyl (C=O) groups is 5. The Morgan fingerprint density at radius 1 is 1.17 bits per heavy atom. The van der Waals surface area contributed by atoms with Gasteiger partial charge in [0.05, 0.1) is 0 Å². The lowest BCUT2D eigenvalue weighted by atomic mass is 10.2. The Bertz CT molecular complexity index is 512. The molecule has 126 valence electrons. The van der Waals surface area contributed by atoms with E-state index in [1.165, 1.54) is 6.92 Å². The third-order valence-corrected chi connectivity index (χ3v) is 3.28. The maximum absolute atomic E-state index is 11.5. The summed E-state index contributed by atoms with van der Waals surface area (Å²) in [7, 11) is 0. The quantitative estimate of drug-likeness (QED) is 0.370. The molecule has 0 spiro atoms. The van der Waals surface area contributed by atoms with Crippen LogP contribution >= 0.6 is 0 Å². The molecule has 0 bridgehead atoms. The van der Waals surface area contributed by atoms with Crippen molar-refractivity contribution in [1.82, 2.24) is 9.96 Å². The van der Waals surface area contributed by atoms with Crippen molar-refractivity contribution in [2.75, 3.05) is 6.54 Å². The smallest absolute Gasteiger partial charge is 0.330 e. The van der Waals surface area contributed by atoms with E-state index in [9.17, 15) is 24.0 Å². The lowest BCUT2D eigenvalue weighted by Gasteiger charge is -2.17. The first kappa shape index (κ1) is 18.5. The van der Waals surface area contributed by atoms with Crippen molar-refractivity contribution in [2.24, 2.45) is 0 Å². The number of carbonyl (C=O) groups excluding carboxylic acids is 5. The average Bonchev–Trinajstić information content (AvgIpc) is 2.81. The highest BCUT2D eigenvalue weighted by Crippen LogP contribution is 2.13. The van der Waals surface area contributed by atoms with Crippen LogP contribution in [0.2, 0.25) is 0 Å². The van der Waals surface area contributed by atoms with Gasteiger partial charge in [-0.25, -0.2) is 4.79 Å². The summed E-state index contributed by atoms with van der Waals surface area (Å²) in [4.78, 5) is 62.6. The lowest BCUT2D eigenvalue weighted by molar-refractivity contribution is -0.197.